The molecule has 0 fully saturated rings. The van der Waals surface area contributed by atoms with Gasteiger partial charge in [-0.25, -0.2) is 4.98 Å². The lowest BCUT2D eigenvalue weighted by atomic mass is 10.2. The molecule has 0 aliphatic heterocycles. The van der Waals surface area contributed by atoms with Gasteiger partial charge in [-0.05, 0) is 48.4 Å². The fraction of sp³-hybridized carbons (Fsp3) is 0.105. The van der Waals surface area contributed by atoms with Gasteiger partial charge in [-0.15, -0.1) is 0 Å². The molecule has 0 saturated heterocycles. The molecule has 0 bridgehead atoms. The summed E-state index contributed by atoms with van der Waals surface area (Å²) in [5, 5.41) is 3.35. The maximum Gasteiger partial charge on any atom is 0.129 e. The molecule has 0 unspecified atom stereocenters. The molecular formula is C19H18N2O. The summed E-state index contributed by atoms with van der Waals surface area (Å²) in [4.78, 5) is 4.34. The molecule has 1 heterocycles. The highest BCUT2D eigenvalue weighted by Crippen LogP contribution is 2.22. The van der Waals surface area contributed by atoms with E-state index in [-0.39, 0.29) is 0 Å². The van der Waals surface area contributed by atoms with Gasteiger partial charge in [0.25, 0.3) is 0 Å². The van der Waals surface area contributed by atoms with Crippen molar-refractivity contribution in [2.24, 2.45) is 0 Å². The Hall–Kier alpha value is -2.81. The van der Waals surface area contributed by atoms with Crippen LogP contribution in [-0.4, -0.2) is 4.98 Å². The number of benzene rings is 2. The van der Waals surface area contributed by atoms with Crippen molar-refractivity contribution in [1.82, 2.24) is 4.98 Å². The number of rotatable bonds is 5. The summed E-state index contributed by atoms with van der Waals surface area (Å²) >= 11 is 0. The van der Waals surface area contributed by atoms with Gasteiger partial charge < -0.3 is 10.1 Å². The third kappa shape index (κ3) is 3.64. The van der Waals surface area contributed by atoms with Crippen LogP contribution < -0.4 is 10.1 Å². The minimum atomic E-state index is 0.712. The Kier molecular flexibility index (Phi) is 4.35. The van der Waals surface area contributed by atoms with Crippen molar-refractivity contribution in [3.63, 3.8) is 0 Å². The SMILES string of the molecule is Cc1cccnc1NCc1cccc(Oc2ccccc2)c1. The summed E-state index contributed by atoms with van der Waals surface area (Å²) in [6.45, 7) is 2.76. The number of pyridine rings is 1. The van der Waals surface area contributed by atoms with Crippen LogP contribution in [0.3, 0.4) is 0 Å². The number of ether oxygens (including phenoxy) is 1. The Morgan fingerprint density at radius 2 is 1.73 bits per heavy atom. The Labute approximate surface area is 130 Å². The standard InChI is InChI=1S/C19H18N2O/c1-15-7-6-12-20-19(15)21-14-16-8-5-11-18(13-16)22-17-9-3-2-4-10-17/h2-13H,14H2,1H3,(H,20,21). The summed E-state index contributed by atoms with van der Waals surface area (Å²) in [6, 6.07) is 21.9. The molecule has 0 radical (unpaired) electrons. The third-order valence-corrected chi connectivity index (χ3v) is 3.35. The molecule has 1 N–H and O–H groups in total. The first-order chi connectivity index (χ1) is 10.8. The van der Waals surface area contributed by atoms with E-state index in [2.05, 4.69) is 16.4 Å². The Morgan fingerprint density at radius 3 is 2.55 bits per heavy atom. The van der Waals surface area contributed by atoms with Crippen molar-refractivity contribution in [2.75, 3.05) is 5.32 Å². The summed E-state index contributed by atoms with van der Waals surface area (Å²) in [7, 11) is 0. The predicted molar refractivity (Wildman–Crippen MR) is 89.3 cm³/mol. The lowest BCUT2D eigenvalue weighted by Crippen LogP contribution is -2.02. The molecule has 22 heavy (non-hydrogen) atoms. The molecule has 0 aliphatic carbocycles. The molecule has 0 saturated carbocycles. The van der Waals surface area contributed by atoms with Crippen molar-refractivity contribution in [2.45, 2.75) is 13.5 Å². The van der Waals surface area contributed by atoms with Crippen LogP contribution in [0.5, 0.6) is 11.5 Å². The molecule has 1 aromatic heterocycles. The van der Waals surface area contributed by atoms with E-state index in [4.69, 9.17) is 4.74 Å². The molecule has 110 valence electrons. The smallest absolute Gasteiger partial charge is 0.129 e. The number of hydrogen-bond donors (Lipinski definition) is 1. The van der Waals surface area contributed by atoms with Gasteiger partial charge in [0.05, 0.1) is 0 Å². The van der Waals surface area contributed by atoms with E-state index in [1.165, 1.54) is 0 Å². The minimum Gasteiger partial charge on any atom is -0.457 e. The van der Waals surface area contributed by atoms with Gasteiger partial charge in [0.1, 0.15) is 17.3 Å². The van der Waals surface area contributed by atoms with Crippen LogP contribution in [0, 0.1) is 6.92 Å². The lowest BCUT2D eigenvalue weighted by molar-refractivity contribution is 0.482. The maximum atomic E-state index is 5.85. The molecule has 0 amide bonds. The van der Waals surface area contributed by atoms with Crippen molar-refractivity contribution in [3.05, 3.63) is 84.1 Å². The number of anilines is 1. The second kappa shape index (κ2) is 6.76. The summed E-state index contributed by atoms with van der Waals surface area (Å²) in [6.07, 6.45) is 1.80. The lowest BCUT2D eigenvalue weighted by Gasteiger charge is -2.10. The first-order valence-corrected chi connectivity index (χ1v) is 7.28. The molecule has 0 aliphatic rings. The molecule has 3 nitrogen and oxygen atoms in total. The highest BCUT2D eigenvalue weighted by molar-refractivity contribution is 5.44. The van der Waals surface area contributed by atoms with E-state index in [1.54, 1.807) is 6.20 Å². The number of para-hydroxylation sites is 1. The minimum absolute atomic E-state index is 0.712. The summed E-state index contributed by atoms with van der Waals surface area (Å²) < 4.78 is 5.85. The van der Waals surface area contributed by atoms with E-state index in [9.17, 15) is 0 Å². The van der Waals surface area contributed by atoms with E-state index < -0.39 is 0 Å². The number of nitrogens with one attached hydrogen (secondary N) is 1. The second-order valence-electron chi connectivity index (χ2n) is 5.08. The molecule has 2 aromatic carbocycles. The summed E-state index contributed by atoms with van der Waals surface area (Å²) in [5.41, 5.74) is 2.29. The largest absolute Gasteiger partial charge is 0.457 e. The number of nitrogens with zero attached hydrogens (tertiary/aromatic N) is 1. The number of aryl methyl sites for hydroxylation is 1. The van der Waals surface area contributed by atoms with Crippen LogP contribution in [0.15, 0.2) is 72.9 Å². The first kappa shape index (κ1) is 14.1. The molecular weight excluding hydrogens is 272 g/mol. The molecule has 3 rings (SSSR count). The zero-order valence-electron chi connectivity index (χ0n) is 12.5. The van der Waals surface area contributed by atoms with E-state index in [0.29, 0.717) is 6.54 Å². The van der Waals surface area contributed by atoms with Crippen LogP contribution in [0.1, 0.15) is 11.1 Å². The van der Waals surface area contributed by atoms with Crippen LogP contribution in [0.25, 0.3) is 0 Å². The first-order valence-electron chi connectivity index (χ1n) is 7.28. The fourth-order valence-corrected chi connectivity index (χ4v) is 2.20. The fourth-order valence-electron chi connectivity index (χ4n) is 2.20. The van der Waals surface area contributed by atoms with E-state index in [0.717, 1.165) is 28.4 Å². The Balaban J connectivity index is 1.68. The monoisotopic (exact) mass is 290 g/mol. The molecule has 3 aromatic rings. The van der Waals surface area contributed by atoms with Crippen molar-refractivity contribution < 1.29 is 4.74 Å². The van der Waals surface area contributed by atoms with Gasteiger partial charge in [0.2, 0.25) is 0 Å². The van der Waals surface area contributed by atoms with Crippen LogP contribution in [0.4, 0.5) is 5.82 Å². The van der Waals surface area contributed by atoms with Crippen molar-refractivity contribution in [1.29, 1.82) is 0 Å². The van der Waals surface area contributed by atoms with Gasteiger partial charge in [-0.2, -0.15) is 0 Å². The summed E-state index contributed by atoms with van der Waals surface area (Å²) in [5.74, 6) is 2.59. The normalized spacial score (nSPS) is 10.2. The van der Waals surface area contributed by atoms with E-state index in [1.807, 2.05) is 67.6 Å². The molecule has 3 heteroatoms. The average molecular weight is 290 g/mol. The maximum absolute atomic E-state index is 5.85. The Bertz CT molecular complexity index is 741. The quantitative estimate of drug-likeness (QED) is 0.733. The highest BCUT2D eigenvalue weighted by Gasteiger charge is 2.01. The van der Waals surface area contributed by atoms with Gasteiger partial charge in [-0.1, -0.05) is 36.4 Å². The predicted octanol–water partition coefficient (Wildman–Crippen LogP) is 4.79. The third-order valence-electron chi connectivity index (χ3n) is 3.35. The van der Waals surface area contributed by atoms with E-state index >= 15 is 0 Å². The zero-order valence-corrected chi connectivity index (χ0v) is 12.5. The van der Waals surface area contributed by atoms with Crippen molar-refractivity contribution >= 4 is 5.82 Å². The van der Waals surface area contributed by atoms with Gasteiger partial charge >= 0.3 is 0 Å². The van der Waals surface area contributed by atoms with Gasteiger partial charge in [0.15, 0.2) is 0 Å². The Morgan fingerprint density at radius 1 is 0.909 bits per heavy atom. The molecule has 0 spiro atoms. The second-order valence-corrected chi connectivity index (χ2v) is 5.08. The molecule has 0 atom stereocenters. The van der Waals surface area contributed by atoms with Crippen LogP contribution >= 0.6 is 0 Å². The number of hydrogen-bond acceptors (Lipinski definition) is 3. The van der Waals surface area contributed by atoms with Crippen LogP contribution in [0.2, 0.25) is 0 Å². The van der Waals surface area contributed by atoms with Crippen LogP contribution in [-0.2, 0) is 6.54 Å². The van der Waals surface area contributed by atoms with Gasteiger partial charge in [-0.3, -0.25) is 0 Å². The van der Waals surface area contributed by atoms with Gasteiger partial charge in [0, 0.05) is 12.7 Å². The van der Waals surface area contributed by atoms with Crippen molar-refractivity contribution in [3.8, 4) is 11.5 Å². The zero-order chi connectivity index (χ0) is 15.2. The highest BCUT2D eigenvalue weighted by atomic mass is 16.5. The number of aromatic nitrogens is 1. The topological polar surface area (TPSA) is 34.2 Å². The average Bonchev–Trinajstić information content (AvgIpc) is 2.55.